The van der Waals surface area contributed by atoms with Crippen LogP contribution >= 0.6 is 0 Å². The van der Waals surface area contributed by atoms with E-state index < -0.39 is 108 Å². The molecule has 0 radical (unpaired) electrons. The standard InChI is InChI=1S/C48H76N4O14/c1-13-36-48(9,58)41(55)27(3)38(53)32-21-47(8,61-25-32)43(28(4)40(29(5)44(57)64-36)65-37-22-46(7,60-12)42(56)30(6)63-37)66-45-39(54)35(20-26(2)62-45)51(10)19-18-33-24-52(50-49-33)23-31-14-16-34(59-11)17-15-31/h14-17,24,26-30,32,35-37,39-43,45,54-56,58H,13,18-23,25H2,1-12H3/t26-,27+,28+,29-,30+,32+,35+,36-,37+,39-,40+,41-,42+,43-,45+,46-,47-,48-/m1/s1. The summed E-state index contributed by atoms with van der Waals surface area (Å²) in [6, 6.07) is 7.38. The number of aliphatic hydroxyl groups is 4. The molecule has 4 N–H and O–H groups in total. The Balaban J connectivity index is 1.28. The monoisotopic (exact) mass is 933 g/mol. The number of fused-ring (bicyclic) bond motifs is 2. The number of esters is 1. The number of carbonyl (C=O) groups is 2. The Morgan fingerprint density at radius 1 is 0.939 bits per heavy atom. The summed E-state index contributed by atoms with van der Waals surface area (Å²) < 4.78 is 51.9. The molecular formula is C48H76N4O14. The number of methoxy groups -OCH3 is 2. The van der Waals surface area contributed by atoms with Crippen molar-refractivity contribution in [1.82, 2.24) is 19.9 Å². The van der Waals surface area contributed by atoms with Crippen molar-refractivity contribution in [1.29, 1.82) is 0 Å². The second-order valence-corrected chi connectivity index (χ2v) is 20.1. The Morgan fingerprint density at radius 3 is 2.29 bits per heavy atom. The molecule has 18 atom stereocenters. The number of aliphatic hydroxyl groups excluding tert-OH is 3. The largest absolute Gasteiger partial charge is 0.497 e. The molecule has 0 unspecified atom stereocenters. The van der Waals surface area contributed by atoms with Gasteiger partial charge in [-0.05, 0) is 85.5 Å². The molecule has 2 bridgehead atoms. The van der Waals surface area contributed by atoms with E-state index in [0.717, 1.165) is 17.0 Å². The summed E-state index contributed by atoms with van der Waals surface area (Å²) in [5, 5.41) is 55.3. The number of hydrogen-bond donors (Lipinski definition) is 4. The summed E-state index contributed by atoms with van der Waals surface area (Å²) in [5.74, 6) is -3.75. The molecule has 5 heterocycles. The van der Waals surface area contributed by atoms with Gasteiger partial charge in [0.2, 0.25) is 0 Å². The smallest absolute Gasteiger partial charge is 0.311 e. The molecule has 18 heteroatoms. The number of aromatic nitrogens is 3. The van der Waals surface area contributed by atoms with Gasteiger partial charge in [0.15, 0.2) is 12.6 Å². The maximum Gasteiger partial charge on any atom is 0.311 e. The second kappa shape index (κ2) is 21.2. The first-order valence-electron chi connectivity index (χ1n) is 23.6. The van der Waals surface area contributed by atoms with Crippen molar-refractivity contribution >= 4 is 11.8 Å². The van der Waals surface area contributed by atoms with E-state index >= 15 is 0 Å². The topological polar surface area (TPSA) is 223 Å². The molecule has 4 fully saturated rings. The van der Waals surface area contributed by atoms with Gasteiger partial charge in [0, 0.05) is 56.5 Å². The molecule has 6 rings (SSSR count). The lowest BCUT2D eigenvalue weighted by molar-refractivity contribution is -0.317. The van der Waals surface area contributed by atoms with Crippen molar-refractivity contribution in [2.75, 3.05) is 34.4 Å². The molecule has 0 spiro atoms. The molecule has 0 aliphatic carbocycles. The quantitative estimate of drug-likeness (QED) is 0.212. The van der Waals surface area contributed by atoms with Crippen molar-refractivity contribution in [2.45, 2.75) is 185 Å². The van der Waals surface area contributed by atoms with E-state index in [1.165, 1.54) is 14.0 Å². The predicted molar refractivity (Wildman–Crippen MR) is 239 cm³/mol. The molecule has 372 valence electrons. The summed E-state index contributed by atoms with van der Waals surface area (Å²) in [4.78, 5) is 30.7. The highest BCUT2D eigenvalue weighted by molar-refractivity contribution is 5.84. The average molecular weight is 933 g/mol. The third kappa shape index (κ3) is 11.1. The number of hydrogen-bond acceptors (Lipinski definition) is 17. The van der Waals surface area contributed by atoms with Crippen molar-refractivity contribution < 1.29 is 67.9 Å². The summed E-state index contributed by atoms with van der Waals surface area (Å²) in [6.07, 6.45) is -6.64. The predicted octanol–water partition coefficient (Wildman–Crippen LogP) is 3.06. The van der Waals surface area contributed by atoms with Crippen LogP contribution in [-0.4, -0.2) is 171 Å². The number of rotatable bonds is 13. The molecule has 66 heavy (non-hydrogen) atoms. The fourth-order valence-corrected chi connectivity index (χ4v) is 10.6. The third-order valence-corrected chi connectivity index (χ3v) is 15.0. The maximum absolute atomic E-state index is 14.4. The van der Waals surface area contributed by atoms with Crippen LogP contribution in [0.3, 0.4) is 0 Å². The number of benzene rings is 1. The van der Waals surface area contributed by atoms with E-state index in [0.29, 0.717) is 25.9 Å². The summed E-state index contributed by atoms with van der Waals surface area (Å²) in [5.41, 5.74) is -2.39. The van der Waals surface area contributed by atoms with E-state index in [1.807, 2.05) is 58.3 Å². The Hall–Kier alpha value is -3.14. The molecule has 2 aromatic rings. The van der Waals surface area contributed by atoms with Gasteiger partial charge in [0.05, 0.1) is 73.6 Å². The van der Waals surface area contributed by atoms with Crippen LogP contribution in [-0.2, 0) is 55.7 Å². The zero-order valence-corrected chi connectivity index (χ0v) is 40.9. The van der Waals surface area contributed by atoms with Gasteiger partial charge in [0.1, 0.15) is 35.4 Å². The van der Waals surface area contributed by atoms with Crippen LogP contribution in [0.25, 0.3) is 0 Å². The van der Waals surface area contributed by atoms with Gasteiger partial charge in [-0.25, -0.2) is 4.68 Å². The first-order chi connectivity index (χ1) is 31.0. The minimum Gasteiger partial charge on any atom is -0.497 e. The SMILES string of the molecule is CC[C@H]1OC(=O)[C@H](C)[C@@H](O[C@H]2C[C@@](C)(OC)[C@@H](O)[C@H](C)O2)[C@H](C)[C@@H](O[C@@H]2O[C@H](C)C[C@H](N(C)CCc3cn(Cc4ccc(OC)cc4)nn3)[C@H]2O)[C@@]2(C)C[C@@H](CO2)C(=O)[C@H](C)[C@@H](O)[C@]1(C)O. The number of ketones is 1. The molecule has 1 aromatic heterocycles. The highest BCUT2D eigenvalue weighted by Gasteiger charge is 2.56. The second-order valence-electron chi connectivity index (χ2n) is 20.1. The van der Waals surface area contributed by atoms with E-state index in [-0.39, 0.29) is 37.8 Å². The summed E-state index contributed by atoms with van der Waals surface area (Å²) in [7, 11) is 5.08. The van der Waals surface area contributed by atoms with Crippen LogP contribution in [0.1, 0.15) is 99.3 Å². The molecule has 0 amide bonds. The van der Waals surface area contributed by atoms with E-state index in [9.17, 15) is 30.0 Å². The number of carbonyl (C=O) groups excluding carboxylic acids is 2. The summed E-state index contributed by atoms with van der Waals surface area (Å²) >= 11 is 0. The fourth-order valence-electron chi connectivity index (χ4n) is 10.6. The third-order valence-electron chi connectivity index (χ3n) is 15.0. The van der Waals surface area contributed by atoms with Crippen LogP contribution in [0.2, 0.25) is 0 Å². The minimum absolute atomic E-state index is 0.00270. The number of nitrogens with zero attached hydrogens (tertiary/aromatic N) is 4. The Labute approximate surface area is 389 Å². The number of likely N-dealkylation sites (N-methyl/N-ethyl adjacent to an activating group) is 1. The minimum atomic E-state index is -1.98. The van der Waals surface area contributed by atoms with Crippen LogP contribution in [0.5, 0.6) is 5.75 Å². The molecule has 18 nitrogen and oxygen atoms in total. The Kier molecular flexibility index (Phi) is 16.8. The normalized spacial score (nSPS) is 41.7. The molecular weight excluding hydrogens is 857 g/mol. The maximum atomic E-state index is 14.4. The lowest BCUT2D eigenvalue weighted by Crippen LogP contribution is -2.61. The van der Waals surface area contributed by atoms with Gasteiger partial charge < -0.3 is 63.2 Å². The lowest BCUT2D eigenvalue weighted by Gasteiger charge is -2.49. The van der Waals surface area contributed by atoms with Crippen LogP contribution in [0.15, 0.2) is 30.5 Å². The Morgan fingerprint density at radius 2 is 1.64 bits per heavy atom. The Bertz CT molecular complexity index is 1920. The highest BCUT2D eigenvalue weighted by Crippen LogP contribution is 2.44. The number of cyclic esters (lactones) is 1. The van der Waals surface area contributed by atoms with Crippen molar-refractivity contribution in [2.24, 2.45) is 23.7 Å². The average Bonchev–Trinajstić information content (AvgIpc) is 3.93. The van der Waals surface area contributed by atoms with Gasteiger partial charge in [-0.1, -0.05) is 38.1 Å². The van der Waals surface area contributed by atoms with E-state index in [2.05, 4.69) is 15.2 Å². The molecule has 4 aliphatic heterocycles. The zero-order chi connectivity index (χ0) is 48.5. The van der Waals surface area contributed by atoms with Crippen molar-refractivity contribution in [3.05, 3.63) is 41.7 Å². The van der Waals surface area contributed by atoms with Crippen molar-refractivity contribution in [3.63, 3.8) is 0 Å². The van der Waals surface area contributed by atoms with Gasteiger partial charge in [-0.2, -0.15) is 0 Å². The summed E-state index contributed by atoms with van der Waals surface area (Å²) in [6.45, 7) is 16.5. The fraction of sp³-hybridized carbons (Fsp3) is 0.792. The van der Waals surface area contributed by atoms with Gasteiger partial charge in [-0.15, -0.1) is 5.10 Å². The first kappa shape index (κ1) is 52.2. The molecule has 4 saturated heterocycles. The first-order valence-corrected chi connectivity index (χ1v) is 23.6. The van der Waals surface area contributed by atoms with Gasteiger partial charge in [0.25, 0.3) is 0 Å². The zero-order valence-electron chi connectivity index (χ0n) is 40.9. The van der Waals surface area contributed by atoms with Crippen LogP contribution in [0.4, 0.5) is 0 Å². The van der Waals surface area contributed by atoms with Crippen LogP contribution in [0, 0.1) is 23.7 Å². The van der Waals surface area contributed by atoms with E-state index in [4.69, 9.17) is 37.9 Å². The number of Topliss-reactive ketones (excluding diaryl/α,β-unsaturated/α-hetero) is 1. The molecule has 1 aromatic carbocycles. The van der Waals surface area contributed by atoms with Gasteiger partial charge >= 0.3 is 5.97 Å². The van der Waals surface area contributed by atoms with Crippen LogP contribution < -0.4 is 4.74 Å². The highest BCUT2D eigenvalue weighted by atomic mass is 16.7. The molecule has 4 aliphatic rings. The molecule has 0 saturated carbocycles. The van der Waals surface area contributed by atoms with E-state index in [1.54, 1.807) is 46.4 Å². The van der Waals surface area contributed by atoms with Crippen molar-refractivity contribution in [3.8, 4) is 5.75 Å². The number of ether oxygens (including phenoxy) is 8. The van der Waals surface area contributed by atoms with Gasteiger partial charge in [-0.3, -0.25) is 9.59 Å². The lowest BCUT2D eigenvalue weighted by atomic mass is 9.75.